The Morgan fingerprint density at radius 3 is 2.33 bits per heavy atom. The van der Waals surface area contributed by atoms with Crippen LogP contribution in [0, 0.1) is 5.92 Å². The lowest BCUT2D eigenvalue weighted by Gasteiger charge is -2.46. The second-order valence-corrected chi connectivity index (χ2v) is 9.70. The number of aliphatic hydroxyl groups is 1. The molecule has 1 aliphatic rings. The molecule has 3 atom stereocenters. The van der Waals surface area contributed by atoms with Gasteiger partial charge < -0.3 is 10.0 Å². The van der Waals surface area contributed by atoms with Crippen molar-refractivity contribution in [2.45, 2.75) is 70.2 Å². The zero-order valence-electron chi connectivity index (χ0n) is 19.0. The number of hydrogen-bond donors (Lipinski definition) is 1. The van der Waals surface area contributed by atoms with Crippen molar-refractivity contribution in [2.75, 3.05) is 23.7 Å². The summed E-state index contributed by atoms with van der Waals surface area (Å²) < 4.78 is 0. The third kappa shape index (κ3) is 5.40. The van der Waals surface area contributed by atoms with Gasteiger partial charge in [0.25, 0.3) is 0 Å². The number of nitrogens with zero attached hydrogens (tertiary/aromatic N) is 2. The number of thioether (sulfide) groups is 1. The molecule has 0 saturated heterocycles. The zero-order chi connectivity index (χ0) is 21.5. The van der Waals surface area contributed by atoms with Crippen LogP contribution in [0.3, 0.4) is 0 Å². The minimum atomic E-state index is -0.538. The first-order valence-electron chi connectivity index (χ1n) is 11.5. The zero-order valence-corrected chi connectivity index (χ0v) is 19.8. The van der Waals surface area contributed by atoms with Gasteiger partial charge in [0.1, 0.15) is 6.23 Å². The average molecular weight is 427 g/mol. The van der Waals surface area contributed by atoms with Crippen molar-refractivity contribution < 1.29 is 5.11 Å². The summed E-state index contributed by atoms with van der Waals surface area (Å²) in [6.45, 7) is 10.9. The van der Waals surface area contributed by atoms with Crippen LogP contribution in [0.25, 0.3) is 0 Å². The Morgan fingerprint density at radius 1 is 1.00 bits per heavy atom. The molecule has 0 radical (unpaired) electrons. The minimum absolute atomic E-state index is 0.126. The third-order valence-electron chi connectivity index (χ3n) is 6.25. The van der Waals surface area contributed by atoms with Gasteiger partial charge in [-0.25, -0.2) is 0 Å². The maximum absolute atomic E-state index is 11.9. The molecule has 0 aliphatic carbocycles. The standard InChI is InChI=1S/C26H38N2OS/c1-5-27(6-2)23(17-12-13-20(3)4)26(29)28-22-16-10-11-18-25(22)30-19-24(28)21-14-8-7-9-15-21/h7-11,14-16,18,20,23-24,26,29H,5-6,12-13,17,19H2,1-4H3. The Balaban J connectivity index is 1.96. The van der Waals surface area contributed by atoms with E-state index in [1.807, 2.05) is 11.8 Å². The maximum atomic E-state index is 11.9. The van der Waals surface area contributed by atoms with Gasteiger partial charge in [0.2, 0.25) is 0 Å². The normalized spacial score (nSPS) is 18.5. The van der Waals surface area contributed by atoms with Gasteiger partial charge in [0.05, 0.1) is 17.8 Å². The van der Waals surface area contributed by atoms with Gasteiger partial charge in [0, 0.05) is 10.6 Å². The summed E-state index contributed by atoms with van der Waals surface area (Å²) in [6.07, 6.45) is 2.84. The highest BCUT2D eigenvalue weighted by Crippen LogP contribution is 2.44. The number of fused-ring (bicyclic) bond motifs is 1. The summed E-state index contributed by atoms with van der Waals surface area (Å²) in [4.78, 5) is 6.01. The Morgan fingerprint density at radius 2 is 1.67 bits per heavy atom. The molecule has 0 amide bonds. The summed E-state index contributed by atoms with van der Waals surface area (Å²) in [5.41, 5.74) is 2.44. The third-order valence-corrected chi connectivity index (χ3v) is 7.39. The molecule has 0 aromatic heterocycles. The molecular weight excluding hydrogens is 388 g/mol. The first kappa shape index (κ1) is 23.2. The van der Waals surface area contributed by atoms with Crippen LogP contribution in [-0.4, -0.2) is 41.1 Å². The molecule has 3 rings (SSSR count). The van der Waals surface area contributed by atoms with Crippen molar-refractivity contribution >= 4 is 17.4 Å². The Labute approximate surface area is 187 Å². The molecule has 1 heterocycles. The molecule has 0 fully saturated rings. The van der Waals surface area contributed by atoms with Crippen LogP contribution in [0.2, 0.25) is 0 Å². The SMILES string of the molecule is CCN(CC)C(CCCC(C)C)C(O)N1c2ccccc2SCC1c1ccccc1. The van der Waals surface area contributed by atoms with E-state index in [2.05, 4.69) is 92.1 Å². The first-order chi connectivity index (χ1) is 14.6. The van der Waals surface area contributed by atoms with E-state index in [1.165, 1.54) is 16.9 Å². The van der Waals surface area contributed by atoms with Crippen LogP contribution in [-0.2, 0) is 0 Å². The highest BCUT2D eigenvalue weighted by molar-refractivity contribution is 7.99. The van der Waals surface area contributed by atoms with Crippen LogP contribution >= 0.6 is 11.8 Å². The second kappa shape index (κ2) is 11.2. The quantitative estimate of drug-likeness (QED) is 0.490. The van der Waals surface area contributed by atoms with Crippen LogP contribution in [0.4, 0.5) is 5.69 Å². The highest BCUT2D eigenvalue weighted by atomic mass is 32.2. The lowest BCUT2D eigenvalue weighted by molar-refractivity contribution is 0.0398. The summed E-state index contributed by atoms with van der Waals surface area (Å²) >= 11 is 1.90. The Bertz CT molecular complexity index is 763. The molecule has 4 heteroatoms. The molecule has 2 aromatic carbocycles. The van der Waals surface area contributed by atoms with E-state index in [4.69, 9.17) is 0 Å². The second-order valence-electron chi connectivity index (χ2n) is 8.64. The van der Waals surface area contributed by atoms with E-state index in [9.17, 15) is 5.11 Å². The van der Waals surface area contributed by atoms with Crippen molar-refractivity contribution in [3.63, 3.8) is 0 Å². The Kier molecular flexibility index (Phi) is 8.67. The molecule has 1 N–H and O–H groups in total. The van der Waals surface area contributed by atoms with Crippen LogP contribution in [0.15, 0.2) is 59.5 Å². The summed E-state index contributed by atoms with van der Waals surface area (Å²) in [7, 11) is 0. The Hall–Kier alpha value is -1.49. The van der Waals surface area contributed by atoms with E-state index in [-0.39, 0.29) is 12.1 Å². The van der Waals surface area contributed by atoms with Gasteiger partial charge in [0.15, 0.2) is 0 Å². The van der Waals surface area contributed by atoms with Crippen molar-refractivity contribution in [1.29, 1.82) is 0 Å². The maximum Gasteiger partial charge on any atom is 0.143 e. The number of para-hydroxylation sites is 1. The highest BCUT2D eigenvalue weighted by Gasteiger charge is 2.37. The van der Waals surface area contributed by atoms with Gasteiger partial charge in [-0.15, -0.1) is 11.8 Å². The molecule has 164 valence electrons. The van der Waals surface area contributed by atoms with Crippen LogP contribution in [0.1, 0.15) is 58.6 Å². The lowest BCUT2D eigenvalue weighted by Crippen LogP contribution is -2.54. The molecule has 1 aliphatic heterocycles. The molecule has 0 saturated carbocycles. The van der Waals surface area contributed by atoms with E-state index >= 15 is 0 Å². The number of likely N-dealkylation sites (N-methyl/N-ethyl adjacent to an activating group) is 1. The first-order valence-corrected chi connectivity index (χ1v) is 12.5. The summed E-state index contributed by atoms with van der Waals surface area (Å²) in [6, 6.07) is 19.5. The monoisotopic (exact) mass is 426 g/mol. The van der Waals surface area contributed by atoms with E-state index in [0.29, 0.717) is 5.92 Å². The van der Waals surface area contributed by atoms with Crippen molar-refractivity contribution in [3.8, 4) is 0 Å². The minimum Gasteiger partial charge on any atom is -0.372 e. The number of aliphatic hydroxyl groups excluding tert-OH is 1. The smallest absolute Gasteiger partial charge is 0.143 e. The van der Waals surface area contributed by atoms with Gasteiger partial charge in [-0.2, -0.15) is 0 Å². The fraction of sp³-hybridized carbons (Fsp3) is 0.538. The number of anilines is 1. The fourth-order valence-electron chi connectivity index (χ4n) is 4.60. The van der Waals surface area contributed by atoms with Crippen molar-refractivity contribution in [1.82, 2.24) is 4.90 Å². The number of hydrogen-bond acceptors (Lipinski definition) is 4. The van der Waals surface area contributed by atoms with E-state index in [0.717, 1.165) is 37.4 Å². The van der Waals surface area contributed by atoms with Crippen LogP contribution in [0.5, 0.6) is 0 Å². The molecular formula is C26H38N2OS. The van der Waals surface area contributed by atoms with E-state index in [1.54, 1.807) is 0 Å². The molecule has 0 spiro atoms. The summed E-state index contributed by atoms with van der Waals surface area (Å²) in [5, 5.41) is 11.9. The molecule has 2 aromatic rings. The van der Waals surface area contributed by atoms with Crippen LogP contribution < -0.4 is 4.90 Å². The predicted octanol–water partition coefficient (Wildman–Crippen LogP) is 6.20. The van der Waals surface area contributed by atoms with Gasteiger partial charge >= 0.3 is 0 Å². The fourth-order valence-corrected chi connectivity index (χ4v) is 5.79. The molecule has 3 unspecified atom stereocenters. The van der Waals surface area contributed by atoms with Gasteiger partial charge in [-0.3, -0.25) is 4.90 Å². The predicted molar refractivity (Wildman–Crippen MR) is 130 cm³/mol. The summed E-state index contributed by atoms with van der Waals surface area (Å²) in [5.74, 6) is 1.65. The number of benzene rings is 2. The van der Waals surface area contributed by atoms with Crippen molar-refractivity contribution in [2.24, 2.45) is 5.92 Å². The molecule has 0 bridgehead atoms. The van der Waals surface area contributed by atoms with Crippen molar-refractivity contribution in [3.05, 3.63) is 60.2 Å². The van der Waals surface area contributed by atoms with Gasteiger partial charge in [-0.05, 0) is 43.1 Å². The topological polar surface area (TPSA) is 26.7 Å². The molecule has 30 heavy (non-hydrogen) atoms. The largest absolute Gasteiger partial charge is 0.372 e. The average Bonchev–Trinajstić information content (AvgIpc) is 2.78. The molecule has 3 nitrogen and oxygen atoms in total. The lowest BCUT2D eigenvalue weighted by atomic mass is 9.98. The van der Waals surface area contributed by atoms with Gasteiger partial charge in [-0.1, -0.05) is 83.0 Å². The number of rotatable bonds is 10. The van der Waals surface area contributed by atoms with E-state index < -0.39 is 6.23 Å².